The molecule has 0 saturated heterocycles. The molecular formula is C27H19FN4O. The molecule has 0 aliphatic heterocycles. The molecule has 0 radical (unpaired) electrons. The number of aromatic nitrogens is 2. The zero-order valence-corrected chi connectivity index (χ0v) is 17.5. The number of fused-ring (bicyclic) bond motifs is 1. The van der Waals surface area contributed by atoms with Crippen LogP contribution in [0.25, 0.3) is 27.7 Å². The Bertz CT molecular complexity index is 1460. The van der Waals surface area contributed by atoms with Gasteiger partial charge in [-0.2, -0.15) is 10.2 Å². The minimum atomic E-state index is -0.440. The average Bonchev–Trinajstić information content (AvgIpc) is 3.31. The van der Waals surface area contributed by atoms with E-state index in [-0.39, 0.29) is 11.5 Å². The second-order valence-corrected chi connectivity index (χ2v) is 7.47. The lowest BCUT2D eigenvalue weighted by molar-refractivity contribution is 0.0949. The number of nitrogens with zero attached hydrogens (tertiary/aromatic N) is 3. The van der Waals surface area contributed by atoms with Crippen molar-refractivity contribution in [3.8, 4) is 16.9 Å². The molecule has 0 fully saturated rings. The summed E-state index contributed by atoms with van der Waals surface area (Å²) in [6.07, 6.45) is 1.45. The summed E-state index contributed by atoms with van der Waals surface area (Å²) in [4.78, 5) is 12.8. The number of hydrazone groups is 1. The maximum absolute atomic E-state index is 13.0. The zero-order chi connectivity index (χ0) is 22.6. The lowest BCUT2D eigenvalue weighted by Crippen LogP contribution is -2.18. The highest BCUT2D eigenvalue weighted by molar-refractivity contribution is 5.95. The van der Waals surface area contributed by atoms with Crippen molar-refractivity contribution in [2.75, 3.05) is 0 Å². The van der Waals surface area contributed by atoms with Crippen LogP contribution in [0.5, 0.6) is 0 Å². The molecule has 0 aliphatic rings. The van der Waals surface area contributed by atoms with Gasteiger partial charge in [-0.25, -0.2) is 14.5 Å². The van der Waals surface area contributed by atoms with Gasteiger partial charge in [0.25, 0.3) is 5.91 Å². The van der Waals surface area contributed by atoms with Crippen molar-refractivity contribution in [1.82, 2.24) is 15.2 Å². The van der Waals surface area contributed by atoms with Gasteiger partial charge in [-0.05, 0) is 52.7 Å². The molecule has 0 unspecified atom stereocenters. The number of rotatable bonds is 5. The quantitative estimate of drug-likeness (QED) is 0.289. The van der Waals surface area contributed by atoms with Crippen LogP contribution in [0.1, 0.15) is 16.1 Å². The number of nitrogens with one attached hydrogen (secondary N) is 1. The maximum atomic E-state index is 13.0. The molecule has 1 N–H and O–H groups in total. The third-order valence-corrected chi connectivity index (χ3v) is 5.24. The van der Waals surface area contributed by atoms with E-state index in [1.165, 1.54) is 18.3 Å². The molecule has 0 atom stereocenters. The van der Waals surface area contributed by atoms with Gasteiger partial charge in [0.1, 0.15) is 5.82 Å². The van der Waals surface area contributed by atoms with Gasteiger partial charge in [-0.3, -0.25) is 4.79 Å². The van der Waals surface area contributed by atoms with Gasteiger partial charge in [0.05, 0.1) is 17.6 Å². The minimum Gasteiger partial charge on any atom is -0.265 e. The summed E-state index contributed by atoms with van der Waals surface area (Å²) >= 11 is 0. The topological polar surface area (TPSA) is 59.3 Å². The number of hydrogen-bond donors (Lipinski definition) is 1. The van der Waals surface area contributed by atoms with E-state index < -0.39 is 5.91 Å². The van der Waals surface area contributed by atoms with E-state index in [1.54, 1.807) is 22.9 Å². The number of carbonyl (C=O) groups excluding carboxylic acids is 1. The van der Waals surface area contributed by atoms with Crippen LogP contribution in [0.15, 0.2) is 108 Å². The van der Waals surface area contributed by atoms with Gasteiger partial charge < -0.3 is 0 Å². The van der Waals surface area contributed by atoms with Gasteiger partial charge in [0.2, 0.25) is 0 Å². The van der Waals surface area contributed by atoms with Crippen LogP contribution < -0.4 is 5.43 Å². The number of amides is 1. The molecule has 1 heterocycles. The normalized spacial score (nSPS) is 11.2. The van der Waals surface area contributed by atoms with Gasteiger partial charge in [-0.1, -0.05) is 66.7 Å². The molecule has 1 aromatic heterocycles. The van der Waals surface area contributed by atoms with Crippen LogP contribution >= 0.6 is 0 Å². The Hall–Kier alpha value is -4.58. The SMILES string of the molecule is O=C(N/N=C\c1ccc(F)cc1)c1cc(-c2ccc3ccccc3c2)n(-c2ccccc2)n1. The van der Waals surface area contributed by atoms with E-state index in [0.717, 1.165) is 27.7 Å². The van der Waals surface area contributed by atoms with E-state index in [9.17, 15) is 9.18 Å². The van der Waals surface area contributed by atoms with Crippen molar-refractivity contribution in [3.63, 3.8) is 0 Å². The van der Waals surface area contributed by atoms with Crippen molar-refractivity contribution < 1.29 is 9.18 Å². The summed E-state index contributed by atoms with van der Waals surface area (Å²) in [5.74, 6) is -0.770. The fourth-order valence-corrected chi connectivity index (χ4v) is 3.58. The first-order valence-electron chi connectivity index (χ1n) is 10.4. The van der Waals surface area contributed by atoms with E-state index in [1.807, 2.05) is 48.5 Å². The van der Waals surface area contributed by atoms with Crippen LogP contribution in [-0.2, 0) is 0 Å². The van der Waals surface area contributed by atoms with Crippen molar-refractivity contribution >= 4 is 22.9 Å². The zero-order valence-electron chi connectivity index (χ0n) is 17.5. The van der Waals surface area contributed by atoms with Gasteiger partial charge in [-0.15, -0.1) is 0 Å². The van der Waals surface area contributed by atoms with Crippen molar-refractivity contribution in [2.24, 2.45) is 5.10 Å². The first-order valence-corrected chi connectivity index (χ1v) is 10.4. The third-order valence-electron chi connectivity index (χ3n) is 5.24. The second kappa shape index (κ2) is 8.88. The molecule has 0 spiro atoms. The lowest BCUT2D eigenvalue weighted by Gasteiger charge is -2.08. The number of benzene rings is 4. The molecule has 5 nitrogen and oxygen atoms in total. The molecule has 5 aromatic rings. The molecular weight excluding hydrogens is 415 g/mol. The summed E-state index contributed by atoms with van der Waals surface area (Å²) in [7, 11) is 0. The van der Waals surface area contributed by atoms with E-state index in [0.29, 0.717) is 5.56 Å². The molecule has 160 valence electrons. The van der Waals surface area contributed by atoms with Crippen LogP contribution in [-0.4, -0.2) is 21.9 Å². The summed E-state index contributed by atoms with van der Waals surface area (Å²) in [5, 5.41) is 10.8. The largest absolute Gasteiger partial charge is 0.291 e. The van der Waals surface area contributed by atoms with Crippen LogP contribution in [0.3, 0.4) is 0 Å². The summed E-state index contributed by atoms with van der Waals surface area (Å²) in [6.45, 7) is 0. The molecule has 6 heteroatoms. The fourth-order valence-electron chi connectivity index (χ4n) is 3.58. The highest BCUT2D eigenvalue weighted by Crippen LogP contribution is 2.27. The average molecular weight is 434 g/mol. The Labute approximate surface area is 189 Å². The minimum absolute atomic E-state index is 0.235. The number of hydrogen-bond acceptors (Lipinski definition) is 3. The van der Waals surface area contributed by atoms with Crippen LogP contribution in [0, 0.1) is 5.82 Å². The Morgan fingerprint density at radius 2 is 1.58 bits per heavy atom. The number of para-hydroxylation sites is 1. The number of carbonyl (C=O) groups is 1. The highest BCUT2D eigenvalue weighted by atomic mass is 19.1. The lowest BCUT2D eigenvalue weighted by atomic mass is 10.0. The molecule has 4 aromatic carbocycles. The summed E-state index contributed by atoms with van der Waals surface area (Å²) < 4.78 is 14.8. The standard InChI is InChI=1S/C27H19FN4O/c28-23-14-10-19(11-15-23)18-29-30-27(33)25-17-26(32(31-25)24-8-2-1-3-9-24)22-13-12-20-6-4-5-7-21(20)16-22/h1-18H,(H,30,33)/b29-18-. The Morgan fingerprint density at radius 3 is 2.36 bits per heavy atom. The van der Waals surface area contributed by atoms with E-state index >= 15 is 0 Å². The van der Waals surface area contributed by atoms with Crippen molar-refractivity contribution in [2.45, 2.75) is 0 Å². The highest BCUT2D eigenvalue weighted by Gasteiger charge is 2.17. The first kappa shape index (κ1) is 20.3. The molecule has 0 saturated carbocycles. The van der Waals surface area contributed by atoms with Crippen molar-refractivity contribution in [1.29, 1.82) is 0 Å². The Kier molecular flexibility index (Phi) is 5.47. The van der Waals surface area contributed by atoms with E-state index in [4.69, 9.17) is 0 Å². The summed E-state index contributed by atoms with van der Waals surface area (Å²) in [6, 6.07) is 31.5. The number of halogens is 1. The molecule has 5 rings (SSSR count). The third kappa shape index (κ3) is 4.41. The van der Waals surface area contributed by atoms with Crippen LogP contribution in [0.2, 0.25) is 0 Å². The maximum Gasteiger partial charge on any atom is 0.291 e. The molecule has 0 bridgehead atoms. The second-order valence-electron chi connectivity index (χ2n) is 7.47. The Balaban J connectivity index is 1.48. The van der Waals surface area contributed by atoms with Crippen LogP contribution in [0.4, 0.5) is 4.39 Å². The smallest absolute Gasteiger partial charge is 0.265 e. The van der Waals surface area contributed by atoms with E-state index in [2.05, 4.69) is 39.9 Å². The molecule has 33 heavy (non-hydrogen) atoms. The van der Waals surface area contributed by atoms with Gasteiger partial charge in [0.15, 0.2) is 5.69 Å². The Morgan fingerprint density at radius 1 is 0.848 bits per heavy atom. The molecule has 0 aliphatic carbocycles. The van der Waals surface area contributed by atoms with Gasteiger partial charge >= 0.3 is 0 Å². The van der Waals surface area contributed by atoms with Crippen molar-refractivity contribution in [3.05, 3.63) is 120 Å². The monoisotopic (exact) mass is 434 g/mol. The van der Waals surface area contributed by atoms with Gasteiger partial charge in [0, 0.05) is 5.56 Å². The molecule has 1 amide bonds. The predicted octanol–water partition coefficient (Wildman–Crippen LogP) is 5.60. The first-order chi connectivity index (χ1) is 16.2. The predicted molar refractivity (Wildman–Crippen MR) is 128 cm³/mol. The summed E-state index contributed by atoms with van der Waals surface area (Å²) in [5.41, 5.74) is 5.98. The fraction of sp³-hybridized carbons (Fsp3) is 0.